The Morgan fingerprint density at radius 2 is 1.96 bits per heavy atom. The third-order valence-electron chi connectivity index (χ3n) is 3.74. The normalized spacial score (nSPS) is 10.8. The lowest BCUT2D eigenvalue weighted by Crippen LogP contribution is -2.04. The summed E-state index contributed by atoms with van der Waals surface area (Å²) in [5, 5.41) is 26.2. The Morgan fingerprint density at radius 3 is 2.54 bits per heavy atom. The summed E-state index contributed by atoms with van der Waals surface area (Å²) in [5.74, 6) is 0.828. The smallest absolute Gasteiger partial charge is 0.157 e. The number of benzene rings is 1. The van der Waals surface area contributed by atoms with E-state index in [-0.39, 0.29) is 5.75 Å². The van der Waals surface area contributed by atoms with E-state index < -0.39 is 0 Å². The molecule has 2 aromatic heterocycles. The summed E-state index contributed by atoms with van der Waals surface area (Å²) in [5.41, 5.74) is 4.52. The molecule has 24 heavy (non-hydrogen) atoms. The second-order valence-corrected chi connectivity index (χ2v) is 6.02. The predicted octanol–water partition coefficient (Wildman–Crippen LogP) is 4.03. The molecule has 3 aromatic rings. The Hall–Kier alpha value is -2.60. The van der Waals surface area contributed by atoms with Gasteiger partial charge >= 0.3 is 0 Å². The number of hydrogen-bond acceptors (Lipinski definition) is 6. The number of phenolic OH excluding ortho intramolecular Hbond substituents is 1. The molecule has 0 bridgehead atoms. The van der Waals surface area contributed by atoms with Gasteiger partial charge in [0.05, 0.1) is 17.9 Å². The second-order valence-electron chi connectivity index (χ2n) is 5.58. The van der Waals surface area contributed by atoms with Crippen molar-refractivity contribution >= 4 is 17.3 Å². The van der Waals surface area contributed by atoms with Crippen LogP contribution in [0.3, 0.4) is 0 Å². The van der Waals surface area contributed by atoms with Gasteiger partial charge in [0.2, 0.25) is 0 Å². The molecule has 0 unspecified atom stereocenters. The number of anilines is 1. The summed E-state index contributed by atoms with van der Waals surface area (Å²) < 4.78 is 5.11. The van der Waals surface area contributed by atoms with E-state index in [0.717, 1.165) is 28.4 Å². The molecule has 7 heteroatoms. The fourth-order valence-corrected chi connectivity index (χ4v) is 2.83. The topological polar surface area (TPSA) is 84.1 Å². The van der Waals surface area contributed by atoms with Crippen LogP contribution in [0.5, 0.6) is 5.75 Å². The molecule has 0 aliphatic rings. The van der Waals surface area contributed by atoms with Gasteiger partial charge in [0.15, 0.2) is 5.76 Å². The van der Waals surface area contributed by atoms with E-state index in [2.05, 4.69) is 20.7 Å². The molecule has 2 heterocycles. The van der Waals surface area contributed by atoms with E-state index >= 15 is 0 Å². The van der Waals surface area contributed by atoms with Crippen LogP contribution in [-0.4, -0.2) is 20.5 Å². The van der Waals surface area contributed by atoms with Crippen molar-refractivity contribution < 1.29 is 9.63 Å². The largest absolute Gasteiger partial charge is 0.507 e. The minimum atomic E-state index is 0.0934. The Balaban J connectivity index is 1.79. The average molecular weight is 345 g/mol. The van der Waals surface area contributed by atoms with Crippen molar-refractivity contribution in [1.82, 2.24) is 15.4 Å². The van der Waals surface area contributed by atoms with Crippen LogP contribution < -0.4 is 5.32 Å². The van der Waals surface area contributed by atoms with Crippen molar-refractivity contribution in [3.05, 3.63) is 52.0 Å². The highest BCUT2D eigenvalue weighted by atomic mass is 35.5. The molecule has 6 nitrogen and oxygen atoms in total. The van der Waals surface area contributed by atoms with Gasteiger partial charge in [-0.2, -0.15) is 10.2 Å². The van der Waals surface area contributed by atoms with Gasteiger partial charge in [-0.25, -0.2) is 0 Å². The maximum atomic E-state index is 10.1. The van der Waals surface area contributed by atoms with Crippen LogP contribution in [0.2, 0.25) is 5.02 Å². The summed E-state index contributed by atoms with van der Waals surface area (Å²) in [6, 6.07) is 6.97. The minimum Gasteiger partial charge on any atom is -0.507 e. The number of nitrogens with zero attached hydrogens (tertiary/aromatic N) is 3. The Kier molecular flexibility index (Phi) is 4.40. The van der Waals surface area contributed by atoms with Crippen LogP contribution in [0.1, 0.15) is 22.7 Å². The molecule has 2 N–H and O–H groups in total. The average Bonchev–Trinajstić information content (AvgIpc) is 2.84. The first-order valence-corrected chi connectivity index (χ1v) is 7.82. The van der Waals surface area contributed by atoms with Crippen LogP contribution in [0.4, 0.5) is 5.69 Å². The van der Waals surface area contributed by atoms with Crippen molar-refractivity contribution in [2.24, 2.45) is 0 Å². The summed E-state index contributed by atoms with van der Waals surface area (Å²) >= 11 is 5.93. The number of hydrogen-bond donors (Lipinski definition) is 2. The Morgan fingerprint density at radius 1 is 1.17 bits per heavy atom. The zero-order valence-corrected chi connectivity index (χ0v) is 14.3. The lowest BCUT2D eigenvalue weighted by molar-refractivity contribution is 0.393. The molecule has 0 fully saturated rings. The molecule has 0 saturated heterocycles. The number of aromatic nitrogens is 3. The van der Waals surface area contributed by atoms with Crippen LogP contribution in [0.15, 0.2) is 28.8 Å². The molecule has 0 aliphatic heterocycles. The van der Waals surface area contributed by atoms with Crippen LogP contribution in [0, 0.1) is 20.8 Å². The van der Waals surface area contributed by atoms with Crippen molar-refractivity contribution in [3.8, 4) is 17.0 Å². The summed E-state index contributed by atoms with van der Waals surface area (Å²) in [6.45, 7) is 6.10. The molecule has 0 saturated carbocycles. The number of rotatable bonds is 4. The van der Waals surface area contributed by atoms with Crippen LogP contribution >= 0.6 is 11.6 Å². The molecule has 0 spiro atoms. The van der Waals surface area contributed by atoms with E-state index in [0.29, 0.717) is 22.8 Å². The quantitative estimate of drug-likeness (QED) is 0.743. The van der Waals surface area contributed by atoms with Gasteiger partial charge in [-0.05, 0) is 50.6 Å². The summed E-state index contributed by atoms with van der Waals surface area (Å²) in [7, 11) is 0. The maximum absolute atomic E-state index is 10.1. The Bertz CT molecular complexity index is 832. The molecule has 0 aliphatic carbocycles. The lowest BCUT2D eigenvalue weighted by Gasteiger charge is -2.09. The molecule has 1 aromatic carbocycles. The number of aryl methyl sites for hydroxylation is 3. The highest BCUT2D eigenvalue weighted by Crippen LogP contribution is 2.33. The van der Waals surface area contributed by atoms with Crippen LogP contribution in [-0.2, 0) is 6.54 Å². The van der Waals surface area contributed by atoms with Crippen molar-refractivity contribution in [2.75, 3.05) is 5.32 Å². The minimum absolute atomic E-state index is 0.0934. The fourth-order valence-electron chi connectivity index (χ4n) is 2.56. The second kappa shape index (κ2) is 6.49. The number of aromatic hydroxyl groups is 1. The van der Waals surface area contributed by atoms with Crippen molar-refractivity contribution in [2.45, 2.75) is 27.3 Å². The zero-order valence-electron chi connectivity index (χ0n) is 13.6. The molecule has 0 radical (unpaired) electrons. The van der Waals surface area contributed by atoms with Gasteiger partial charge < -0.3 is 14.9 Å². The van der Waals surface area contributed by atoms with E-state index in [1.54, 1.807) is 6.07 Å². The lowest BCUT2D eigenvalue weighted by atomic mass is 10.0. The SMILES string of the molecule is Cc1cc(Cl)cc(O)c1-c1ccc(CNc2c(C)noc2C)nn1. The van der Waals surface area contributed by atoms with Gasteiger partial charge in [0.1, 0.15) is 17.1 Å². The number of phenols is 1. The predicted molar refractivity (Wildman–Crippen MR) is 92.2 cm³/mol. The number of nitrogens with one attached hydrogen (secondary N) is 1. The van der Waals surface area contributed by atoms with Gasteiger partial charge in [-0.15, -0.1) is 0 Å². The molecular weight excluding hydrogens is 328 g/mol. The van der Waals surface area contributed by atoms with Gasteiger partial charge in [-0.3, -0.25) is 0 Å². The van der Waals surface area contributed by atoms with Gasteiger partial charge in [0.25, 0.3) is 0 Å². The van der Waals surface area contributed by atoms with Crippen molar-refractivity contribution in [1.29, 1.82) is 0 Å². The molecule has 3 rings (SSSR count). The van der Waals surface area contributed by atoms with Gasteiger partial charge in [0, 0.05) is 10.6 Å². The zero-order chi connectivity index (χ0) is 17.3. The molecular formula is C17H17ClN4O2. The van der Waals surface area contributed by atoms with E-state index in [9.17, 15) is 5.11 Å². The summed E-state index contributed by atoms with van der Waals surface area (Å²) in [6.07, 6.45) is 0. The first-order valence-electron chi connectivity index (χ1n) is 7.44. The first-order chi connectivity index (χ1) is 11.5. The molecule has 124 valence electrons. The monoisotopic (exact) mass is 344 g/mol. The van der Waals surface area contributed by atoms with Crippen molar-refractivity contribution in [3.63, 3.8) is 0 Å². The Labute approximate surface area is 144 Å². The standard InChI is InChI=1S/C17H17ClN4O2/c1-9-6-12(18)7-15(23)16(9)14-5-4-13(20-21-14)8-19-17-10(2)22-24-11(17)3/h4-7,19,23H,8H2,1-3H3. The van der Waals surface area contributed by atoms with E-state index in [1.165, 1.54) is 6.07 Å². The molecule has 0 atom stereocenters. The van der Waals surface area contributed by atoms with E-state index in [4.69, 9.17) is 16.1 Å². The third kappa shape index (κ3) is 3.19. The fraction of sp³-hybridized carbons (Fsp3) is 0.235. The summed E-state index contributed by atoms with van der Waals surface area (Å²) in [4.78, 5) is 0. The molecule has 0 amide bonds. The van der Waals surface area contributed by atoms with Crippen LogP contribution in [0.25, 0.3) is 11.3 Å². The van der Waals surface area contributed by atoms with E-state index in [1.807, 2.05) is 32.9 Å². The highest BCUT2D eigenvalue weighted by molar-refractivity contribution is 6.31. The van der Waals surface area contributed by atoms with Gasteiger partial charge in [-0.1, -0.05) is 16.8 Å². The third-order valence-corrected chi connectivity index (χ3v) is 3.95. The first kappa shape index (κ1) is 16.3. The maximum Gasteiger partial charge on any atom is 0.157 e. The number of halogens is 1. The highest BCUT2D eigenvalue weighted by Gasteiger charge is 2.12.